The van der Waals surface area contributed by atoms with E-state index in [1.807, 2.05) is 24.3 Å². The van der Waals surface area contributed by atoms with Crippen LogP contribution in [0.1, 0.15) is 17.5 Å². The number of hydrogen-bond donors (Lipinski definition) is 2. The van der Waals surface area contributed by atoms with Crippen LogP contribution in [-0.4, -0.2) is 50.7 Å². The normalized spacial score (nSPS) is 24.9. The van der Waals surface area contributed by atoms with Crippen LogP contribution < -0.4 is 0 Å². The summed E-state index contributed by atoms with van der Waals surface area (Å²) in [7, 11) is 0. The minimum atomic E-state index is -1.06. The SMILES string of the molecule is O=C(O)[C@@H]1CC(O)CN1C(=O)N1Cc2ccccc2C1. The van der Waals surface area contributed by atoms with Gasteiger partial charge in [-0.05, 0) is 11.1 Å². The average molecular weight is 276 g/mol. The van der Waals surface area contributed by atoms with Gasteiger partial charge in [0.2, 0.25) is 0 Å². The fraction of sp³-hybridized carbons (Fsp3) is 0.429. The van der Waals surface area contributed by atoms with Crippen molar-refractivity contribution >= 4 is 12.0 Å². The van der Waals surface area contributed by atoms with Gasteiger partial charge in [-0.15, -0.1) is 0 Å². The van der Waals surface area contributed by atoms with Crippen LogP contribution in [0.2, 0.25) is 0 Å². The van der Waals surface area contributed by atoms with E-state index in [1.165, 1.54) is 4.90 Å². The summed E-state index contributed by atoms with van der Waals surface area (Å²) in [5, 5.41) is 18.8. The first-order valence-corrected chi connectivity index (χ1v) is 6.59. The molecule has 3 rings (SSSR count). The Balaban J connectivity index is 1.76. The molecule has 2 aliphatic heterocycles. The molecular formula is C14H16N2O4. The molecule has 6 heteroatoms. The van der Waals surface area contributed by atoms with Gasteiger partial charge in [0.05, 0.1) is 6.10 Å². The Hall–Kier alpha value is -2.08. The first-order chi connectivity index (χ1) is 9.56. The van der Waals surface area contributed by atoms with E-state index in [4.69, 9.17) is 5.11 Å². The van der Waals surface area contributed by atoms with Gasteiger partial charge in [0.15, 0.2) is 0 Å². The molecule has 1 unspecified atom stereocenters. The molecule has 0 aromatic heterocycles. The number of β-amino-alcohol motifs (C(OH)–C–C–N with tert-alkyl or cyclic N) is 1. The number of aliphatic hydroxyl groups is 1. The molecule has 1 saturated heterocycles. The lowest BCUT2D eigenvalue weighted by molar-refractivity contribution is -0.141. The number of aliphatic hydroxyl groups excluding tert-OH is 1. The first kappa shape index (κ1) is 12.9. The number of carboxylic acid groups (broad SMARTS) is 1. The Bertz CT molecular complexity index is 535. The highest BCUT2D eigenvalue weighted by atomic mass is 16.4. The van der Waals surface area contributed by atoms with Gasteiger partial charge < -0.3 is 20.0 Å². The second-order valence-corrected chi connectivity index (χ2v) is 5.30. The number of urea groups is 1. The highest BCUT2D eigenvalue weighted by Crippen LogP contribution is 2.26. The van der Waals surface area contributed by atoms with Crippen molar-refractivity contribution in [1.82, 2.24) is 9.80 Å². The molecular weight excluding hydrogens is 260 g/mol. The zero-order valence-corrected chi connectivity index (χ0v) is 10.9. The van der Waals surface area contributed by atoms with Crippen LogP contribution in [0.15, 0.2) is 24.3 Å². The molecule has 2 amide bonds. The number of rotatable bonds is 1. The first-order valence-electron chi connectivity index (χ1n) is 6.59. The smallest absolute Gasteiger partial charge is 0.326 e. The van der Waals surface area contributed by atoms with Crippen molar-refractivity contribution in [3.63, 3.8) is 0 Å². The van der Waals surface area contributed by atoms with Gasteiger partial charge >= 0.3 is 12.0 Å². The predicted molar refractivity (Wildman–Crippen MR) is 69.8 cm³/mol. The zero-order chi connectivity index (χ0) is 14.3. The molecule has 0 spiro atoms. The van der Waals surface area contributed by atoms with Gasteiger partial charge in [-0.25, -0.2) is 9.59 Å². The topological polar surface area (TPSA) is 81.1 Å². The third-order valence-corrected chi connectivity index (χ3v) is 3.92. The summed E-state index contributed by atoms with van der Waals surface area (Å²) in [6, 6.07) is 6.54. The van der Waals surface area contributed by atoms with Crippen molar-refractivity contribution < 1.29 is 19.8 Å². The van der Waals surface area contributed by atoms with Crippen molar-refractivity contribution in [1.29, 1.82) is 0 Å². The molecule has 106 valence electrons. The fourth-order valence-electron chi connectivity index (χ4n) is 2.91. The van der Waals surface area contributed by atoms with Gasteiger partial charge in [-0.3, -0.25) is 0 Å². The lowest BCUT2D eigenvalue weighted by Crippen LogP contribution is -2.46. The summed E-state index contributed by atoms with van der Waals surface area (Å²) in [6.45, 7) is 1.07. The van der Waals surface area contributed by atoms with Gasteiger partial charge in [-0.2, -0.15) is 0 Å². The van der Waals surface area contributed by atoms with E-state index >= 15 is 0 Å². The molecule has 0 saturated carbocycles. The highest BCUT2D eigenvalue weighted by Gasteiger charge is 2.41. The minimum Gasteiger partial charge on any atom is -0.480 e. The Labute approximate surface area is 116 Å². The Morgan fingerprint density at radius 1 is 1.15 bits per heavy atom. The van der Waals surface area contributed by atoms with Crippen LogP contribution >= 0.6 is 0 Å². The number of likely N-dealkylation sites (tertiary alicyclic amines) is 1. The molecule has 1 fully saturated rings. The number of amides is 2. The van der Waals surface area contributed by atoms with Crippen LogP contribution in [0, 0.1) is 0 Å². The number of aliphatic carboxylic acids is 1. The van der Waals surface area contributed by atoms with Crippen LogP contribution in [0.5, 0.6) is 0 Å². The lowest BCUT2D eigenvalue weighted by atomic mass is 10.1. The molecule has 2 N–H and O–H groups in total. The zero-order valence-electron chi connectivity index (χ0n) is 10.9. The number of hydrogen-bond acceptors (Lipinski definition) is 3. The van der Waals surface area contributed by atoms with Gasteiger partial charge in [-0.1, -0.05) is 24.3 Å². The van der Waals surface area contributed by atoms with E-state index < -0.39 is 18.1 Å². The van der Waals surface area contributed by atoms with E-state index in [2.05, 4.69) is 0 Å². The molecule has 1 aromatic rings. The van der Waals surface area contributed by atoms with E-state index in [-0.39, 0.29) is 19.0 Å². The summed E-state index contributed by atoms with van der Waals surface area (Å²) in [4.78, 5) is 26.5. The van der Waals surface area contributed by atoms with E-state index in [9.17, 15) is 14.7 Å². The summed E-state index contributed by atoms with van der Waals surface area (Å²) in [5.74, 6) is -1.06. The summed E-state index contributed by atoms with van der Waals surface area (Å²) in [6.07, 6.45) is -0.660. The molecule has 20 heavy (non-hydrogen) atoms. The molecule has 1 aromatic carbocycles. The van der Waals surface area contributed by atoms with Crippen LogP contribution in [0.4, 0.5) is 4.79 Å². The average Bonchev–Trinajstić information content (AvgIpc) is 3.01. The predicted octanol–water partition coefficient (Wildman–Crippen LogP) is 0.642. The van der Waals surface area contributed by atoms with Crippen molar-refractivity contribution in [3.8, 4) is 0 Å². The number of carbonyl (C=O) groups is 2. The number of benzene rings is 1. The lowest BCUT2D eigenvalue weighted by Gasteiger charge is -2.27. The van der Waals surface area contributed by atoms with Crippen molar-refractivity contribution in [3.05, 3.63) is 35.4 Å². The Morgan fingerprint density at radius 3 is 2.30 bits per heavy atom. The second kappa shape index (κ2) is 4.79. The van der Waals surface area contributed by atoms with Gasteiger partial charge in [0.25, 0.3) is 0 Å². The van der Waals surface area contributed by atoms with Gasteiger partial charge in [0, 0.05) is 26.1 Å². The molecule has 0 radical (unpaired) electrons. The maximum atomic E-state index is 12.5. The standard InChI is InChI=1S/C14H16N2O4/c17-11-5-12(13(18)19)16(8-11)14(20)15-6-9-3-1-2-4-10(9)7-15/h1-4,11-12,17H,5-8H2,(H,18,19)/t11?,12-/m0/s1. The minimum absolute atomic E-state index is 0.0860. The molecule has 0 aliphatic carbocycles. The summed E-state index contributed by atoms with van der Waals surface area (Å²) in [5.41, 5.74) is 2.18. The maximum Gasteiger partial charge on any atom is 0.326 e. The molecule has 2 heterocycles. The second-order valence-electron chi connectivity index (χ2n) is 5.30. The van der Waals surface area contributed by atoms with E-state index in [0.717, 1.165) is 11.1 Å². The third-order valence-electron chi connectivity index (χ3n) is 3.92. The molecule has 6 nitrogen and oxygen atoms in total. The third kappa shape index (κ3) is 2.12. The fourth-order valence-corrected chi connectivity index (χ4v) is 2.91. The maximum absolute atomic E-state index is 12.5. The highest BCUT2D eigenvalue weighted by molar-refractivity contribution is 5.83. The number of nitrogens with zero attached hydrogens (tertiary/aromatic N) is 2. The van der Waals surface area contributed by atoms with E-state index in [1.54, 1.807) is 4.90 Å². The van der Waals surface area contributed by atoms with Crippen LogP contribution in [0.25, 0.3) is 0 Å². The Morgan fingerprint density at radius 2 is 1.75 bits per heavy atom. The molecule has 0 bridgehead atoms. The van der Waals surface area contributed by atoms with Crippen molar-refractivity contribution in [2.45, 2.75) is 31.7 Å². The summed E-state index contributed by atoms with van der Waals surface area (Å²) < 4.78 is 0. The molecule has 2 atom stereocenters. The quantitative estimate of drug-likeness (QED) is 0.789. The summed E-state index contributed by atoms with van der Waals surface area (Å²) >= 11 is 0. The van der Waals surface area contributed by atoms with Crippen molar-refractivity contribution in [2.75, 3.05) is 6.54 Å². The van der Waals surface area contributed by atoms with Crippen molar-refractivity contribution in [2.24, 2.45) is 0 Å². The largest absolute Gasteiger partial charge is 0.480 e. The van der Waals surface area contributed by atoms with Crippen LogP contribution in [0.3, 0.4) is 0 Å². The van der Waals surface area contributed by atoms with E-state index in [0.29, 0.717) is 13.1 Å². The number of carbonyl (C=O) groups excluding carboxylic acids is 1. The van der Waals surface area contributed by atoms with Gasteiger partial charge in [0.1, 0.15) is 6.04 Å². The Kier molecular flexibility index (Phi) is 3.10. The monoisotopic (exact) mass is 276 g/mol. The molecule has 2 aliphatic rings. The van der Waals surface area contributed by atoms with Crippen LogP contribution in [-0.2, 0) is 17.9 Å². The number of fused-ring (bicyclic) bond motifs is 1. The number of carboxylic acids is 1.